The summed E-state index contributed by atoms with van der Waals surface area (Å²) in [5.74, 6) is -0.321. The Bertz CT molecular complexity index is 1220. The lowest BCUT2D eigenvalue weighted by Crippen LogP contribution is -2.44. The second-order valence-corrected chi connectivity index (χ2v) is 6.55. The number of carbonyl (C=O) groups is 2. The quantitative estimate of drug-likeness (QED) is 0.416. The van der Waals surface area contributed by atoms with Crippen molar-refractivity contribution in [3.05, 3.63) is 78.6 Å². The summed E-state index contributed by atoms with van der Waals surface area (Å²) in [5.41, 5.74) is 7.83. The van der Waals surface area contributed by atoms with E-state index in [-0.39, 0.29) is 12.1 Å². The highest BCUT2D eigenvalue weighted by Crippen LogP contribution is 2.22. The molecule has 156 valence electrons. The average Bonchev–Trinajstić information content (AvgIpc) is 3.26. The van der Waals surface area contributed by atoms with Crippen LogP contribution in [0.5, 0.6) is 5.75 Å². The zero-order valence-corrected chi connectivity index (χ0v) is 16.7. The SMILES string of the molecule is COc1ccccc1NCC(=O)NNC(=O)c1cnn2c(-c3ccccc3)ccnc12. The molecular weight excluding hydrogens is 396 g/mol. The van der Waals surface area contributed by atoms with Crippen LogP contribution in [0.25, 0.3) is 16.9 Å². The van der Waals surface area contributed by atoms with Crippen LogP contribution in [-0.2, 0) is 4.79 Å². The number of para-hydroxylation sites is 2. The molecule has 2 aromatic heterocycles. The second kappa shape index (κ2) is 8.95. The van der Waals surface area contributed by atoms with Gasteiger partial charge in [0.2, 0.25) is 0 Å². The second-order valence-electron chi connectivity index (χ2n) is 6.55. The Morgan fingerprint density at radius 2 is 1.77 bits per heavy atom. The number of anilines is 1. The maximum absolute atomic E-state index is 12.6. The molecule has 31 heavy (non-hydrogen) atoms. The van der Waals surface area contributed by atoms with Crippen LogP contribution >= 0.6 is 0 Å². The fourth-order valence-electron chi connectivity index (χ4n) is 3.08. The molecule has 0 saturated carbocycles. The van der Waals surface area contributed by atoms with Gasteiger partial charge in [0.25, 0.3) is 11.8 Å². The summed E-state index contributed by atoms with van der Waals surface area (Å²) in [6.45, 7) is -0.0498. The number of aromatic nitrogens is 3. The van der Waals surface area contributed by atoms with Crippen molar-refractivity contribution in [1.82, 2.24) is 25.4 Å². The Kier molecular flexibility index (Phi) is 5.75. The predicted octanol–water partition coefficient (Wildman–Crippen LogP) is 2.28. The van der Waals surface area contributed by atoms with Gasteiger partial charge in [-0.25, -0.2) is 9.50 Å². The Balaban J connectivity index is 1.41. The summed E-state index contributed by atoms with van der Waals surface area (Å²) in [4.78, 5) is 29.0. The van der Waals surface area contributed by atoms with E-state index in [1.54, 1.807) is 30.0 Å². The van der Waals surface area contributed by atoms with Gasteiger partial charge in [-0.1, -0.05) is 42.5 Å². The number of methoxy groups -OCH3 is 1. The molecule has 4 aromatic rings. The third-order valence-electron chi connectivity index (χ3n) is 4.58. The molecule has 3 N–H and O–H groups in total. The smallest absolute Gasteiger partial charge is 0.275 e. The van der Waals surface area contributed by atoms with E-state index < -0.39 is 11.8 Å². The topological polar surface area (TPSA) is 110 Å². The van der Waals surface area contributed by atoms with Crippen LogP contribution in [-0.4, -0.2) is 40.1 Å². The molecule has 0 atom stereocenters. The molecule has 0 unspecified atom stereocenters. The Morgan fingerprint density at radius 3 is 2.58 bits per heavy atom. The lowest BCUT2D eigenvalue weighted by atomic mass is 10.1. The molecule has 0 spiro atoms. The van der Waals surface area contributed by atoms with Gasteiger partial charge in [0.15, 0.2) is 5.65 Å². The zero-order valence-electron chi connectivity index (χ0n) is 16.7. The molecule has 4 rings (SSSR count). The molecular formula is C22H20N6O3. The van der Waals surface area contributed by atoms with E-state index in [9.17, 15) is 9.59 Å². The summed E-state index contributed by atoms with van der Waals surface area (Å²) in [6.07, 6.45) is 3.04. The van der Waals surface area contributed by atoms with Crippen LogP contribution in [0.1, 0.15) is 10.4 Å². The first-order valence-corrected chi connectivity index (χ1v) is 9.51. The number of hydrogen-bond acceptors (Lipinski definition) is 6. The number of rotatable bonds is 6. The predicted molar refractivity (Wildman–Crippen MR) is 116 cm³/mol. The van der Waals surface area contributed by atoms with E-state index >= 15 is 0 Å². The normalized spacial score (nSPS) is 10.5. The van der Waals surface area contributed by atoms with E-state index in [0.29, 0.717) is 17.1 Å². The largest absolute Gasteiger partial charge is 0.495 e. The lowest BCUT2D eigenvalue weighted by molar-refractivity contribution is -0.120. The molecule has 0 aliphatic rings. The van der Waals surface area contributed by atoms with Gasteiger partial charge in [-0.2, -0.15) is 5.10 Å². The van der Waals surface area contributed by atoms with Crippen molar-refractivity contribution < 1.29 is 14.3 Å². The van der Waals surface area contributed by atoms with Gasteiger partial charge in [-0.15, -0.1) is 0 Å². The molecule has 0 radical (unpaired) electrons. The monoisotopic (exact) mass is 416 g/mol. The fourth-order valence-corrected chi connectivity index (χ4v) is 3.08. The van der Waals surface area contributed by atoms with Gasteiger partial charge in [0.1, 0.15) is 11.3 Å². The molecule has 2 aromatic carbocycles. The highest BCUT2D eigenvalue weighted by molar-refractivity contribution is 6.00. The van der Waals surface area contributed by atoms with Gasteiger partial charge in [0.05, 0.1) is 31.2 Å². The first-order valence-electron chi connectivity index (χ1n) is 9.51. The zero-order chi connectivity index (χ0) is 21.6. The number of hydrazine groups is 1. The van der Waals surface area contributed by atoms with Crippen LogP contribution in [0.4, 0.5) is 5.69 Å². The lowest BCUT2D eigenvalue weighted by Gasteiger charge is -2.11. The van der Waals surface area contributed by atoms with Crippen molar-refractivity contribution >= 4 is 23.1 Å². The first kappa shape index (κ1) is 19.9. The molecule has 0 aliphatic carbocycles. The van der Waals surface area contributed by atoms with Gasteiger partial charge in [-0.3, -0.25) is 20.4 Å². The van der Waals surface area contributed by atoms with Crippen molar-refractivity contribution in [1.29, 1.82) is 0 Å². The van der Waals surface area contributed by atoms with Crippen molar-refractivity contribution in [2.45, 2.75) is 0 Å². The number of ether oxygens (including phenoxy) is 1. The molecule has 0 bridgehead atoms. The van der Waals surface area contributed by atoms with E-state index in [0.717, 1.165) is 11.3 Å². The van der Waals surface area contributed by atoms with Crippen LogP contribution in [0.15, 0.2) is 73.1 Å². The highest BCUT2D eigenvalue weighted by Gasteiger charge is 2.16. The number of fused-ring (bicyclic) bond motifs is 1. The van der Waals surface area contributed by atoms with E-state index in [1.165, 1.54) is 6.20 Å². The van der Waals surface area contributed by atoms with E-state index in [1.807, 2.05) is 48.5 Å². The molecule has 9 nitrogen and oxygen atoms in total. The summed E-state index contributed by atoms with van der Waals surface area (Å²) in [5, 5.41) is 7.25. The minimum absolute atomic E-state index is 0.0498. The van der Waals surface area contributed by atoms with E-state index in [4.69, 9.17) is 4.74 Å². The van der Waals surface area contributed by atoms with Gasteiger partial charge >= 0.3 is 0 Å². The molecule has 2 amide bonds. The number of amides is 2. The van der Waals surface area contributed by atoms with Crippen molar-refractivity contribution in [2.75, 3.05) is 19.0 Å². The van der Waals surface area contributed by atoms with Crippen molar-refractivity contribution in [3.8, 4) is 17.0 Å². The number of benzene rings is 2. The van der Waals surface area contributed by atoms with Crippen LogP contribution < -0.4 is 20.9 Å². The van der Waals surface area contributed by atoms with Gasteiger partial charge in [-0.05, 0) is 18.2 Å². The molecule has 0 aliphatic heterocycles. The standard InChI is InChI=1S/C22H20N6O3/c1-31-19-10-6-5-9-17(19)24-14-20(29)26-27-22(30)16-13-25-28-18(11-12-23-21(16)28)15-7-3-2-4-8-15/h2-13,24H,14H2,1H3,(H,26,29)(H,27,30). The van der Waals surface area contributed by atoms with Gasteiger partial charge < -0.3 is 10.1 Å². The number of carbonyl (C=O) groups excluding carboxylic acids is 2. The van der Waals surface area contributed by atoms with Gasteiger partial charge in [0, 0.05) is 11.8 Å². The average molecular weight is 416 g/mol. The maximum atomic E-state index is 12.6. The molecule has 0 saturated heterocycles. The Hall–Kier alpha value is -4.40. The van der Waals surface area contributed by atoms with Crippen LogP contribution in [0.2, 0.25) is 0 Å². The summed E-state index contributed by atoms with van der Waals surface area (Å²) < 4.78 is 6.82. The summed E-state index contributed by atoms with van der Waals surface area (Å²) in [6, 6.07) is 18.7. The third-order valence-corrected chi connectivity index (χ3v) is 4.58. The Morgan fingerprint density at radius 1 is 1.00 bits per heavy atom. The number of hydrogen-bond donors (Lipinski definition) is 3. The first-order chi connectivity index (χ1) is 15.2. The van der Waals surface area contributed by atoms with Crippen molar-refractivity contribution in [2.24, 2.45) is 0 Å². The summed E-state index contributed by atoms with van der Waals surface area (Å²) >= 11 is 0. The summed E-state index contributed by atoms with van der Waals surface area (Å²) in [7, 11) is 1.55. The molecule has 9 heteroatoms. The maximum Gasteiger partial charge on any atom is 0.275 e. The minimum Gasteiger partial charge on any atom is -0.495 e. The Labute approximate surface area is 178 Å². The van der Waals surface area contributed by atoms with Crippen molar-refractivity contribution in [3.63, 3.8) is 0 Å². The third kappa shape index (κ3) is 4.30. The van der Waals surface area contributed by atoms with Crippen LogP contribution in [0.3, 0.4) is 0 Å². The molecule has 2 heterocycles. The number of nitrogens with one attached hydrogen (secondary N) is 3. The minimum atomic E-state index is -0.515. The van der Waals surface area contributed by atoms with Crippen LogP contribution in [0, 0.1) is 0 Å². The fraction of sp³-hybridized carbons (Fsp3) is 0.0909. The van der Waals surface area contributed by atoms with E-state index in [2.05, 4.69) is 26.3 Å². The number of nitrogens with zero attached hydrogens (tertiary/aromatic N) is 3. The molecule has 0 fully saturated rings. The highest BCUT2D eigenvalue weighted by atomic mass is 16.5.